The number of rotatable bonds is 5. The number of fused-ring (bicyclic) bond motifs is 1. The van der Waals surface area contributed by atoms with E-state index in [9.17, 15) is 4.79 Å². The molecule has 3 rings (SSSR count). The third-order valence-electron chi connectivity index (χ3n) is 4.83. The Morgan fingerprint density at radius 1 is 1.44 bits per heavy atom. The standard InChI is InChI=1S/C19H24BrN3O2/c1-4-23-10-6-7-17(23)22(3)18-14-11-13(20)8-9-16(14)21-12-15(18)19(24)25-5-2/h8-9,11-12,17H,4-7,10H2,1-3H3. The van der Waals surface area contributed by atoms with Crippen molar-refractivity contribution in [2.45, 2.75) is 32.9 Å². The molecule has 5 nitrogen and oxygen atoms in total. The lowest BCUT2D eigenvalue weighted by Gasteiger charge is -2.35. The first-order chi connectivity index (χ1) is 12.1. The molecule has 6 heteroatoms. The fourth-order valence-electron chi connectivity index (χ4n) is 3.65. The lowest BCUT2D eigenvalue weighted by Crippen LogP contribution is -2.43. The van der Waals surface area contributed by atoms with Gasteiger partial charge in [0.25, 0.3) is 0 Å². The van der Waals surface area contributed by atoms with Crippen LogP contribution < -0.4 is 4.90 Å². The van der Waals surface area contributed by atoms with Crippen LogP contribution in [0.5, 0.6) is 0 Å². The number of hydrogen-bond donors (Lipinski definition) is 0. The Kier molecular flexibility index (Phi) is 5.59. The second kappa shape index (κ2) is 7.70. The van der Waals surface area contributed by atoms with Crippen molar-refractivity contribution in [3.8, 4) is 0 Å². The molecule has 0 aliphatic carbocycles. The molecule has 0 spiro atoms. The zero-order valence-electron chi connectivity index (χ0n) is 15.0. The Hall–Kier alpha value is -1.66. The first-order valence-electron chi connectivity index (χ1n) is 8.79. The summed E-state index contributed by atoms with van der Waals surface area (Å²) in [5.41, 5.74) is 2.30. The highest BCUT2D eigenvalue weighted by atomic mass is 79.9. The normalized spacial score (nSPS) is 17.8. The quantitative estimate of drug-likeness (QED) is 0.701. The van der Waals surface area contributed by atoms with E-state index in [1.807, 2.05) is 25.1 Å². The Morgan fingerprint density at radius 3 is 2.96 bits per heavy atom. The predicted octanol–water partition coefficient (Wildman–Crippen LogP) is 4.05. The van der Waals surface area contributed by atoms with Crippen LogP contribution in [0.1, 0.15) is 37.0 Å². The van der Waals surface area contributed by atoms with Gasteiger partial charge in [0.05, 0.1) is 24.0 Å². The van der Waals surface area contributed by atoms with Gasteiger partial charge >= 0.3 is 5.97 Å². The maximum atomic E-state index is 12.6. The molecule has 1 unspecified atom stereocenters. The van der Waals surface area contributed by atoms with Gasteiger partial charge < -0.3 is 9.64 Å². The van der Waals surface area contributed by atoms with E-state index in [4.69, 9.17) is 4.74 Å². The smallest absolute Gasteiger partial charge is 0.341 e. The summed E-state index contributed by atoms with van der Waals surface area (Å²) in [6, 6.07) is 5.97. The first kappa shape index (κ1) is 18.1. The second-order valence-corrected chi connectivity index (χ2v) is 7.18. The molecule has 0 radical (unpaired) electrons. The average molecular weight is 406 g/mol. The largest absolute Gasteiger partial charge is 0.462 e. The Bertz CT molecular complexity index is 781. The van der Waals surface area contributed by atoms with E-state index in [1.165, 1.54) is 6.42 Å². The van der Waals surface area contributed by atoms with Gasteiger partial charge in [-0.1, -0.05) is 22.9 Å². The van der Waals surface area contributed by atoms with E-state index in [0.717, 1.165) is 40.6 Å². The molecule has 1 aromatic carbocycles. The number of esters is 1. The van der Waals surface area contributed by atoms with Gasteiger partial charge in [0.1, 0.15) is 5.56 Å². The molecular formula is C19H24BrN3O2. The van der Waals surface area contributed by atoms with Crippen molar-refractivity contribution in [1.82, 2.24) is 9.88 Å². The third-order valence-corrected chi connectivity index (χ3v) is 5.33. The van der Waals surface area contributed by atoms with Crippen molar-refractivity contribution < 1.29 is 9.53 Å². The SMILES string of the molecule is CCOC(=O)c1cnc2ccc(Br)cc2c1N(C)C1CCCN1CC. The monoisotopic (exact) mass is 405 g/mol. The van der Waals surface area contributed by atoms with E-state index in [2.05, 4.69) is 44.7 Å². The highest BCUT2D eigenvalue weighted by Gasteiger charge is 2.30. The van der Waals surface area contributed by atoms with Crippen LogP contribution >= 0.6 is 15.9 Å². The fourth-order valence-corrected chi connectivity index (χ4v) is 4.02. The van der Waals surface area contributed by atoms with Gasteiger partial charge in [-0.3, -0.25) is 9.88 Å². The van der Waals surface area contributed by atoms with Crippen LogP contribution in [0, 0.1) is 0 Å². The molecule has 2 aromatic rings. The molecule has 1 saturated heterocycles. The number of carbonyl (C=O) groups excluding carboxylic acids is 1. The Morgan fingerprint density at radius 2 is 2.24 bits per heavy atom. The molecule has 1 atom stereocenters. The molecular weight excluding hydrogens is 382 g/mol. The zero-order chi connectivity index (χ0) is 18.0. The van der Waals surface area contributed by atoms with Gasteiger partial charge in [-0.15, -0.1) is 0 Å². The minimum absolute atomic E-state index is 0.280. The van der Waals surface area contributed by atoms with Crippen molar-refractivity contribution in [3.63, 3.8) is 0 Å². The molecule has 1 aliphatic heterocycles. The van der Waals surface area contributed by atoms with E-state index in [0.29, 0.717) is 12.2 Å². The molecule has 134 valence electrons. The highest BCUT2D eigenvalue weighted by Crippen LogP contribution is 2.35. The van der Waals surface area contributed by atoms with Crippen molar-refractivity contribution in [2.75, 3.05) is 31.6 Å². The van der Waals surface area contributed by atoms with Gasteiger partial charge in [-0.2, -0.15) is 0 Å². The number of anilines is 1. The first-order valence-corrected chi connectivity index (χ1v) is 9.58. The van der Waals surface area contributed by atoms with Gasteiger partial charge in [-0.25, -0.2) is 4.79 Å². The predicted molar refractivity (Wildman–Crippen MR) is 104 cm³/mol. The fraction of sp³-hybridized carbons (Fsp3) is 0.474. The Balaban J connectivity index is 2.16. The maximum Gasteiger partial charge on any atom is 0.341 e. The van der Waals surface area contributed by atoms with E-state index >= 15 is 0 Å². The highest BCUT2D eigenvalue weighted by molar-refractivity contribution is 9.10. The number of likely N-dealkylation sites (tertiary alicyclic amines) is 1. The van der Waals surface area contributed by atoms with Crippen LogP contribution in [0.2, 0.25) is 0 Å². The molecule has 1 aromatic heterocycles. The molecule has 1 fully saturated rings. The number of pyridine rings is 1. The van der Waals surface area contributed by atoms with Gasteiger partial charge in [0.2, 0.25) is 0 Å². The van der Waals surface area contributed by atoms with E-state index < -0.39 is 0 Å². The van der Waals surface area contributed by atoms with Crippen LogP contribution in [-0.4, -0.2) is 48.8 Å². The number of aromatic nitrogens is 1. The van der Waals surface area contributed by atoms with Crippen molar-refractivity contribution in [3.05, 3.63) is 34.4 Å². The summed E-state index contributed by atoms with van der Waals surface area (Å²) >= 11 is 3.54. The van der Waals surface area contributed by atoms with Crippen LogP contribution in [-0.2, 0) is 4.74 Å². The summed E-state index contributed by atoms with van der Waals surface area (Å²) in [5, 5.41) is 0.963. The molecule has 25 heavy (non-hydrogen) atoms. The topological polar surface area (TPSA) is 45.7 Å². The summed E-state index contributed by atoms with van der Waals surface area (Å²) in [7, 11) is 2.07. The molecule has 0 N–H and O–H groups in total. The van der Waals surface area contributed by atoms with Crippen LogP contribution in [0.3, 0.4) is 0 Å². The lowest BCUT2D eigenvalue weighted by molar-refractivity contribution is 0.0526. The average Bonchev–Trinajstić information content (AvgIpc) is 3.09. The van der Waals surface area contributed by atoms with Crippen molar-refractivity contribution >= 4 is 38.5 Å². The summed E-state index contributed by atoms with van der Waals surface area (Å²) in [6.07, 6.45) is 4.18. The molecule has 0 bridgehead atoms. The third kappa shape index (κ3) is 3.51. The van der Waals surface area contributed by atoms with Gasteiger partial charge in [-0.05, 0) is 44.5 Å². The molecule has 0 amide bonds. The summed E-state index contributed by atoms with van der Waals surface area (Å²) in [5.74, 6) is -0.320. The number of halogens is 1. The Labute approximate surface area is 157 Å². The van der Waals surface area contributed by atoms with E-state index in [1.54, 1.807) is 6.20 Å². The number of benzene rings is 1. The van der Waals surface area contributed by atoms with Gasteiger partial charge in [0, 0.05) is 29.6 Å². The van der Waals surface area contributed by atoms with Crippen molar-refractivity contribution in [1.29, 1.82) is 0 Å². The van der Waals surface area contributed by atoms with E-state index in [-0.39, 0.29) is 12.1 Å². The molecule has 0 saturated carbocycles. The number of ether oxygens (including phenoxy) is 1. The lowest BCUT2D eigenvalue weighted by atomic mass is 10.1. The summed E-state index contributed by atoms with van der Waals surface area (Å²) in [4.78, 5) is 21.7. The summed E-state index contributed by atoms with van der Waals surface area (Å²) in [6.45, 7) is 6.44. The van der Waals surface area contributed by atoms with Crippen LogP contribution in [0.15, 0.2) is 28.9 Å². The number of nitrogens with zero attached hydrogens (tertiary/aromatic N) is 3. The van der Waals surface area contributed by atoms with Crippen molar-refractivity contribution in [2.24, 2.45) is 0 Å². The number of carbonyl (C=O) groups is 1. The minimum Gasteiger partial charge on any atom is -0.462 e. The zero-order valence-corrected chi connectivity index (χ0v) is 16.5. The number of hydrogen-bond acceptors (Lipinski definition) is 5. The maximum absolute atomic E-state index is 12.6. The molecule has 2 heterocycles. The van der Waals surface area contributed by atoms with Crippen LogP contribution in [0.25, 0.3) is 10.9 Å². The summed E-state index contributed by atoms with van der Waals surface area (Å²) < 4.78 is 6.25. The van der Waals surface area contributed by atoms with Crippen LogP contribution in [0.4, 0.5) is 5.69 Å². The minimum atomic E-state index is -0.320. The van der Waals surface area contributed by atoms with Gasteiger partial charge in [0.15, 0.2) is 0 Å². The second-order valence-electron chi connectivity index (χ2n) is 6.26. The molecule has 1 aliphatic rings.